The summed E-state index contributed by atoms with van der Waals surface area (Å²) < 4.78 is 12.0. The van der Waals surface area contributed by atoms with Crippen LogP contribution in [0.2, 0.25) is 0 Å². The largest absolute Gasteiger partial charge is 0.393 e. The van der Waals surface area contributed by atoms with E-state index in [2.05, 4.69) is 43.9 Å². The number of ether oxygens (including phenoxy) is 2. The van der Waals surface area contributed by atoms with E-state index < -0.39 is 22.5 Å². The van der Waals surface area contributed by atoms with Gasteiger partial charge in [-0.15, -0.1) is 11.3 Å². The second-order valence-electron chi connectivity index (χ2n) is 17.5. The third kappa shape index (κ3) is 5.78. The number of aliphatic hydroxyl groups excluding tert-OH is 2. The Morgan fingerprint density at radius 1 is 1.02 bits per heavy atom. The number of rotatable bonds is 12. The van der Waals surface area contributed by atoms with Crippen molar-refractivity contribution >= 4 is 17.1 Å². The number of thiophene rings is 1. The van der Waals surface area contributed by atoms with Crippen molar-refractivity contribution in [1.82, 2.24) is 4.90 Å². The van der Waals surface area contributed by atoms with Crippen LogP contribution in [-0.2, 0) is 16.1 Å². The molecule has 6 aliphatic carbocycles. The van der Waals surface area contributed by atoms with Gasteiger partial charge in [-0.3, -0.25) is 9.69 Å². The minimum Gasteiger partial charge on any atom is -0.393 e. The average Bonchev–Trinajstić information content (AvgIpc) is 3.84. The van der Waals surface area contributed by atoms with Gasteiger partial charge in [-0.2, -0.15) is 0 Å². The normalized spacial score (nSPS) is 40.2. The fourth-order valence-corrected chi connectivity index (χ4v) is 13.0. The summed E-state index contributed by atoms with van der Waals surface area (Å²) in [7, 11) is 0. The van der Waals surface area contributed by atoms with Gasteiger partial charge >= 0.3 is 0 Å². The zero-order valence-corrected chi connectivity index (χ0v) is 31.5. The molecule has 3 N–H and O–H groups in total. The first-order chi connectivity index (χ1) is 24.4. The molecule has 4 fully saturated rings. The summed E-state index contributed by atoms with van der Waals surface area (Å²) in [5.41, 5.74) is -0.337. The number of carbonyl (C=O) groups excluding carboxylic acids is 1. The molecule has 7 nitrogen and oxygen atoms in total. The highest BCUT2D eigenvalue weighted by Crippen LogP contribution is 2.78. The molecule has 1 unspecified atom stereocenters. The standard InChI is InChI=1S/C43H57NO6S/c1-29-11-12-35(51-29)38(47)34-23-41-19-20-43(34)36(39(41,2)16-13-31(45)22-41)14-17-40(3)37(43)15-18-42(40,48)28-44(25-33-10-7-21-50-33)24-32(46)27-49-26-30-8-5-4-6-9-30/h4-6,8-9,11-12,19-20,23,31-33,36-37,45-46,48H,7,10,13-18,21-22,24-28H2,1-3H3/t31?,32-,33-,36-,37-,39-,40+,41+,42-,43-/m1/s1. The number of fused-ring (bicyclic) bond motifs is 1. The fourth-order valence-electron chi connectivity index (χ4n) is 12.2. The summed E-state index contributed by atoms with van der Waals surface area (Å²) in [5.74, 6) is 0.480. The number of nitrogens with zero attached hydrogens (tertiary/aromatic N) is 1. The molecule has 51 heavy (non-hydrogen) atoms. The topological polar surface area (TPSA) is 99.5 Å². The highest BCUT2D eigenvalue weighted by Gasteiger charge is 2.74. The predicted octanol–water partition coefficient (Wildman–Crippen LogP) is 6.89. The van der Waals surface area contributed by atoms with Crippen molar-refractivity contribution in [3.8, 4) is 0 Å². The molecule has 1 aliphatic heterocycles. The summed E-state index contributed by atoms with van der Waals surface area (Å²) >= 11 is 1.57. The molecule has 2 spiro atoms. The number of carbonyl (C=O) groups is 1. The van der Waals surface area contributed by atoms with Crippen LogP contribution in [0, 0.1) is 40.4 Å². The highest BCUT2D eigenvalue weighted by molar-refractivity contribution is 7.14. The van der Waals surface area contributed by atoms with Gasteiger partial charge in [-0.1, -0.05) is 62.4 Å². The molecule has 2 bridgehead atoms. The van der Waals surface area contributed by atoms with Crippen LogP contribution in [0.25, 0.3) is 0 Å². The van der Waals surface area contributed by atoms with Gasteiger partial charge in [0, 0.05) is 52.9 Å². The van der Waals surface area contributed by atoms with Crippen LogP contribution < -0.4 is 0 Å². The first-order valence-electron chi connectivity index (χ1n) is 19.5. The molecule has 10 atom stereocenters. The molecular weight excluding hydrogens is 659 g/mol. The molecule has 0 amide bonds. The lowest BCUT2D eigenvalue weighted by molar-refractivity contribution is -0.177. The number of benzene rings is 1. The molecule has 3 saturated carbocycles. The Bertz CT molecular complexity index is 1670. The summed E-state index contributed by atoms with van der Waals surface area (Å²) in [4.78, 5) is 18.9. The molecule has 7 aliphatic rings. The minimum absolute atomic E-state index is 0.0616. The van der Waals surface area contributed by atoms with Gasteiger partial charge in [0.2, 0.25) is 0 Å². The molecular formula is C43H57NO6S. The lowest BCUT2D eigenvalue weighted by Crippen LogP contribution is -2.67. The second-order valence-corrected chi connectivity index (χ2v) is 18.8. The molecule has 2 heterocycles. The van der Waals surface area contributed by atoms with Crippen molar-refractivity contribution in [2.24, 2.45) is 33.5 Å². The molecule has 2 aromatic rings. The van der Waals surface area contributed by atoms with Crippen LogP contribution in [0.1, 0.15) is 91.7 Å². The number of allylic oxidation sites excluding steroid dienone is 4. The number of ketones is 1. The SMILES string of the molecule is Cc1ccc(C(=O)C2=C[C@@]34C=C[C@@]25[C@@H]2CC[C@@](O)(CN(C[C@@H](O)COCc6ccccc6)C[C@H]6CCCO6)[C@@]2(C)CC[C@@H]5[C@@]3(C)CCC(O)C4)s1. The maximum atomic E-state index is 14.8. The van der Waals surface area contributed by atoms with Crippen molar-refractivity contribution in [3.05, 3.63) is 81.6 Å². The maximum absolute atomic E-state index is 14.8. The first kappa shape index (κ1) is 35.8. The van der Waals surface area contributed by atoms with Crippen molar-refractivity contribution in [3.63, 3.8) is 0 Å². The van der Waals surface area contributed by atoms with E-state index in [1.807, 2.05) is 42.5 Å². The number of aryl methyl sites for hydroxylation is 1. The van der Waals surface area contributed by atoms with Gasteiger partial charge in [0.1, 0.15) is 0 Å². The zero-order chi connectivity index (χ0) is 35.6. The smallest absolute Gasteiger partial charge is 0.199 e. The number of aliphatic hydroxyl groups is 3. The maximum Gasteiger partial charge on any atom is 0.199 e. The summed E-state index contributed by atoms with van der Waals surface area (Å²) in [6, 6.07) is 14.0. The molecule has 276 valence electrons. The van der Waals surface area contributed by atoms with Gasteiger partial charge in [0.25, 0.3) is 0 Å². The number of Topliss-reactive ketones (excluding diaryl/α,β-unsaturated/α-hetero) is 1. The number of hydrogen-bond acceptors (Lipinski definition) is 8. The Balaban J connectivity index is 1.09. The third-order valence-corrected chi connectivity index (χ3v) is 15.8. The molecule has 1 aromatic heterocycles. The van der Waals surface area contributed by atoms with Gasteiger partial charge in [-0.25, -0.2) is 0 Å². The Kier molecular flexibility index (Phi) is 9.34. The minimum atomic E-state index is -1.00. The van der Waals surface area contributed by atoms with Crippen LogP contribution in [-0.4, -0.2) is 82.8 Å². The van der Waals surface area contributed by atoms with Gasteiger partial charge < -0.3 is 24.8 Å². The third-order valence-electron chi connectivity index (χ3n) is 14.8. The van der Waals surface area contributed by atoms with Gasteiger partial charge in [-0.05, 0) is 99.7 Å². The van der Waals surface area contributed by atoms with E-state index in [0.29, 0.717) is 39.1 Å². The average molecular weight is 716 g/mol. The van der Waals surface area contributed by atoms with Crippen LogP contribution in [0.3, 0.4) is 0 Å². The van der Waals surface area contributed by atoms with Crippen LogP contribution in [0.15, 0.2) is 66.3 Å². The summed E-state index contributed by atoms with van der Waals surface area (Å²) in [6.07, 6.45) is 13.8. The Morgan fingerprint density at radius 3 is 2.53 bits per heavy atom. The highest BCUT2D eigenvalue weighted by atomic mass is 32.1. The number of hydrogen-bond donors (Lipinski definition) is 3. The Morgan fingerprint density at radius 2 is 1.78 bits per heavy atom. The van der Waals surface area contributed by atoms with Crippen LogP contribution in [0.5, 0.6) is 0 Å². The predicted molar refractivity (Wildman–Crippen MR) is 199 cm³/mol. The quantitative estimate of drug-likeness (QED) is 0.163. The van der Waals surface area contributed by atoms with Gasteiger partial charge in [0.15, 0.2) is 5.78 Å². The van der Waals surface area contributed by atoms with Crippen molar-refractivity contribution in [1.29, 1.82) is 0 Å². The monoisotopic (exact) mass is 715 g/mol. The van der Waals surface area contributed by atoms with E-state index in [0.717, 1.165) is 72.4 Å². The van der Waals surface area contributed by atoms with Crippen LogP contribution >= 0.6 is 11.3 Å². The summed E-state index contributed by atoms with van der Waals surface area (Å²) in [6.45, 7) is 9.72. The van der Waals surface area contributed by atoms with E-state index >= 15 is 0 Å². The molecule has 0 radical (unpaired) electrons. The van der Waals surface area contributed by atoms with Crippen molar-refractivity contribution in [2.75, 3.05) is 32.8 Å². The van der Waals surface area contributed by atoms with Crippen molar-refractivity contribution < 1.29 is 29.6 Å². The fraction of sp³-hybridized carbons (Fsp3) is 0.651. The van der Waals surface area contributed by atoms with Crippen molar-refractivity contribution in [2.45, 2.75) is 109 Å². The first-order valence-corrected chi connectivity index (χ1v) is 20.3. The van der Waals surface area contributed by atoms with E-state index in [4.69, 9.17) is 9.47 Å². The van der Waals surface area contributed by atoms with E-state index in [1.165, 1.54) is 0 Å². The molecule has 9 rings (SSSR count). The Labute approximate surface area is 307 Å². The van der Waals surface area contributed by atoms with E-state index in [1.54, 1.807) is 11.3 Å². The zero-order valence-electron chi connectivity index (χ0n) is 30.7. The second kappa shape index (κ2) is 13.3. The molecule has 1 aromatic carbocycles. The van der Waals surface area contributed by atoms with E-state index in [-0.39, 0.29) is 47.3 Å². The lowest BCUT2D eigenvalue weighted by Gasteiger charge is -2.71. The Hall–Kier alpha value is -2.17. The van der Waals surface area contributed by atoms with Crippen LogP contribution in [0.4, 0.5) is 0 Å². The lowest BCUT2D eigenvalue weighted by atomic mass is 9.32. The molecule has 8 heteroatoms. The molecule has 1 saturated heterocycles. The summed E-state index contributed by atoms with van der Waals surface area (Å²) in [5, 5.41) is 35.3. The van der Waals surface area contributed by atoms with E-state index in [9.17, 15) is 20.1 Å². The van der Waals surface area contributed by atoms with Gasteiger partial charge in [0.05, 0.1) is 42.0 Å².